The van der Waals surface area contributed by atoms with E-state index in [2.05, 4.69) is 20.5 Å². The normalized spacial score (nSPS) is 11.7. The van der Waals surface area contributed by atoms with Gasteiger partial charge < -0.3 is 0 Å². The van der Waals surface area contributed by atoms with E-state index < -0.39 is 17.4 Å². The molecular formula is C13H6Cl2F3N5O. The van der Waals surface area contributed by atoms with Crippen molar-refractivity contribution in [2.45, 2.75) is 6.18 Å². The highest BCUT2D eigenvalue weighted by atomic mass is 35.5. The first kappa shape index (κ1) is 16.5. The Kier molecular flexibility index (Phi) is 4.06. The summed E-state index contributed by atoms with van der Waals surface area (Å²) in [6.07, 6.45) is -2.64. The number of hydrogen-bond donors (Lipinski definition) is 1. The second-order valence-electron chi connectivity index (χ2n) is 4.63. The quantitative estimate of drug-likeness (QED) is 0.745. The fourth-order valence-corrected chi connectivity index (χ4v) is 2.37. The van der Waals surface area contributed by atoms with Crippen LogP contribution in [-0.4, -0.2) is 25.2 Å². The van der Waals surface area contributed by atoms with E-state index in [1.54, 1.807) is 0 Å². The van der Waals surface area contributed by atoms with Crippen molar-refractivity contribution in [1.82, 2.24) is 25.2 Å². The number of aromatic amines is 1. The molecule has 0 fully saturated rings. The number of nitrogens with one attached hydrogen (secondary N) is 1. The van der Waals surface area contributed by atoms with Crippen LogP contribution >= 0.6 is 23.2 Å². The van der Waals surface area contributed by atoms with Crippen LogP contribution in [0.15, 0.2) is 35.4 Å². The Balaban J connectivity index is 2.22. The summed E-state index contributed by atoms with van der Waals surface area (Å²) in [5.74, 6) is 0. The second kappa shape index (κ2) is 5.91. The maximum absolute atomic E-state index is 12.7. The van der Waals surface area contributed by atoms with Crippen LogP contribution in [0.1, 0.15) is 5.69 Å². The van der Waals surface area contributed by atoms with Gasteiger partial charge >= 0.3 is 6.18 Å². The molecule has 0 spiro atoms. The molecule has 0 atom stereocenters. The molecule has 124 valence electrons. The first-order valence-corrected chi connectivity index (χ1v) is 7.06. The third-order valence-electron chi connectivity index (χ3n) is 3.07. The third-order valence-corrected chi connectivity index (χ3v) is 3.69. The summed E-state index contributed by atoms with van der Waals surface area (Å²) in [6, 6.07) is 4.34. The molecule has 24 heavy (non-hydrogen) atoms. The number of alkyl halides is 3. The van der Waals surface area contributed by atoms with Gasteiger partial charge in [0.15, 0.2) is 5.69 Å². The van der Waals surface area contributed by atoms with Gasteiger partial charge in [0.25, 0.3) is 5.56 Å². The van der Waals surface area contributed by atoms with Gasteiger partial charge in [-0.15, -0.1) is 5.10 Å². The molecule has 1 N–H and O–H groups in total. The molecule has 2 aromatic heterocycles. The third kappa shape index (κ3) is 3.00. The van der Waals surface area contributed by atoms with E-state index in [1.807, 2.05) is 0 Å². The zero-order valence-corrected chi connectivity index (χ0v) is 13.0. The molecule has 2 heterocycles. The van der Waals surface area contributed by atoms with E-state index in [0.717, 1.165) is 10.9 Å². The first-order valence-electron chi connectivity index (χ1n) is 6.30. The predicted octanol–water partition coefficient (Wildman–Crippen LogP) is 3.34. The molecule has 6 nitrogen and oxygen atoms in total. The van der Waals surface area contributed by atoms with Crippen molar-refractivity contribution < 1.29 is 13.2 Å². The first-order chi connectivity index (χ1) is 11.3. The SMILES string of the molecule is O=c1[nH]ncc(-c2cc(Cl)ccc2-n2cc(C(F)(F)F)nn2)c1Cl. The highest BCUT2D eigenvalue weighted by Crippen LogP contribution is 2.33. The van der Waals surface area contributed by atoms with Crippen LogP contribution in [0.25, 0.3) is 16.8 Å². The largest absolute Gasteiger partial charge is 0.436 e. The van der Waals surface area contributed by atoms with E-state index in [9.17, 15) is 18.0 Å². The van der Waals surface area contributed by atoms with Gasteiger partial charge in [-0.1, -0.05) is 28.4 Å². The Labute approximate surface area is 141 Å². The highest BCUT2D eigenvalue weighted by molar-refractivity contribution is 6.33. The summed E-state index contributed by atoms with van der Waals surface area (Å²) in [7, 11) is 0. The van der Waals surface area contributed by atoms with Crippen LogP contribution in [0, 0.1) is 0 Å². The molecule has 0 aliphatic carbocycles. The second-order valence-corrected chi connectivity index (χ2v) is 5.45. The van der Waals surface area contributed by atoms with Gasteiger partial charge in [-0.25, -0.2) is 9.78 Å². The Morgan fingerprint density at radius 1 is 1.17 bits per heavy atom. The zero-order valence-electron chi connectivity index (χ0n) is 11.5. The zero-order chi connectivity index (χ0) is 17.5. The molecule has 0 saturated heterocycles. The number of halogens is 5. The van der Waals surface area contributed by atoms with E-state index in [4.69, 9.17) is 23.2 Å². The Bertz CT molecular complexity index is 967. The summed E-state index contributed by atoms with van der Waals surface area (Å²) in [4.78, 5) is 11.6. The Morgan fingerprint density at radius 2 is 1.92 bits per heavy atom. The number of hydrogen-bond acceptors (Lipinski definition) is 4. The summed E-state index contributed by atoms with van der Waals surface area (Å²) in [5, 5.41) is 12.5. The van der Waals surface area contributed by atoms with Crippen LogP contribution < -0.4 is 5.56 Å². The Hall–Kier alpha value is -2.39. The van der Waals surface area contributed by atoms with Gasteiger partial charge in [0.05, 0.1) is 18.1 Å². The monoisotopic (exact) mass is 375 g/mol. The number of nitrogens with zero attached hydrogens (tertiary/aromatic N) is 4. The fourth-order valence-electron chi connectivity index (χ4n) is 2.01. The van der Waals surface area contributed by atoms with Gasteiger partial charge in [-0.3, -0.25) is 4.79 Å². The van der Waals surface area contributed by atoms with Crippen LogP contribution in [0.2, 0.25) is 10.0 Å². The van der Waals surface area contributed by atoms with Gasteiger partial charge in [-0.05, 0) is 18.2 Å². The molecule has 0 aliphatic rings. The minimum absolute atomic E-state index is 0.176. The molecule has 3 aromatic rings. The van der Waals surface area contributed by atoms with Gasteiger partial charge in [0.1, 0.15) is 5.02 Å². The molecule has 0 bridgehead atoms. The predicted molar refractivity (Wildman–Crippen MR) is 80.2 cm³/mol. The van der Waals surface area contributed by atoms with Crippen LogP contribution in [0.3, 0.4) is 0 Å². The molecule has 0 saturated carbocycles. The minimum atomic E-state index is -4.63. The number of H-pyrrole nitrogens is 1. The van der Waals surface area contributed by atoms with Crippen LogP contribution in [0.4, 0.5) is 13.2 Å². The molecular weight excluding hydrogens is 370 g/mol. The lowest BCUT2D eigenvalue weighted by Gasteiger charge is -2.10. The number of benzene rings is 1. The van der Waals surface area contributed by atoms with Gasteiger partial charge in [0, 0.05) is 16.1 Å². The van der Waals surface area contributed by atoms with Gasteiger partial charge in [-0.2, -0.15) is 18.3 Å². The lowest BCUT2D eigenvalue weighted by atomic mass is 10.1. The van der Waals surface area contributed by atoms with Crippen molar-refractivity contribution in [3.8, 4) is 16.8 Å². The van der Waals surface area contributed by atoms with Crippen LogP contribution in [0.5, 0.6) is 0 Å². The van der Waals surface area contributed by atoms with Crippen molar-refractivity contribution in [2.75, 3.05) is 0 Å². The Morgan fingerprint density at radius 3 is 2.58 bits per heavy atom. The molecule has 0 aliphatic heterocycles. The smallest absolute Gasteiger partial charge is 0.266 e. The number of rotatable bonds is 2. The van der Waals surface area contributed by atoms with E-state index in [-0.39, 0.29) is 21.8 Å². The van der Waals surface area contributed by atoms with Crippen molar-refractivity contribution in [1.29, 1.82) is 0 Å². The van der Waals surface area contributed by atoms with Crippen molar-refractivity contribution in [3.05, 3.63) is 56.7 Å². The average molecular weight is 376 g/mol. The van der Waals surface area contributed by atoms with Crippen molar-refractivity contribution >= 4 is 23.2 Å². The fraction of sp³-hybridized carbons (Fsp3) is 0.0769. The maximum Gasteiger partial charge on any atom is 0.436 e. The van der Waals surface area contributed by atoms with Crippen LogP contribution in [-0.2, 0) is 6.18 Å². The summed E-state index contributed by atoms with van der Waals surface area (Å²) in [5.41, 5.74) is -1.11. The number of aromatic nitrogens is 5. The highest BCUT2D eigenvalue weighted by Gasteiger charge is 2.34. The van der Waals surface area contributed by atoms with Crippen molar-refractivity contribution in [3.63, 3.8) is 0 Å². The minimum Gasteiger partial charge on any atom is -0.266 e. The average Bonchev–Trinajstić information content (AvgIpc) is 3.00. The molecule has 1 aromatic carbocycles. The van der Waals surface area contributed by atoms with Gasteiger partial charge in [0.2, 0.25) is 0 Å². The molecule has 0 unspecified atom stereocenters. The van der Waals surface area contributed by atoms with E-state index >= 15 is 0 Å². The molecule has 0 radical (unpaired) electrons. The van der Waals surface area contributed by atoms with Crippen molar-refractivity contribution in [2.24, 2.45) is 0 Å². The summed E-state index contributed by atoms with van der Waals surface area (Å²) in [6.45, 7) is 0. The summed E-state index contributed by atoms with van der Waals surface area (Å²) < 4.78 is 39.0. The molecule has 3 rings (SSSR count). The lowest BCUT2D eigenvalue weighted by Crippen LogP contribution is -2.10. The van der Waals surface area contributed by atoms with E-state index in [1.165, 1.54) is 24.4 Å². The molecule has 0 amide bonds. The van der Waals surface area contributed by atoms with E-state index in [0.29, 0.717) is 5.02 Å². The lowest BCUT2D eigenvalue weighted by molar-refractivity contribution is -0.141. The maximum atomic E-state index is 12.7. The molecule has 11 heteroatoms. The summed E-state index contributed by atoms with van der Waals surface area (Å²) >= 11 is 11.9. The topological polar surface area (TPSA) is 76.5 Å². The standard InChI is InChI=1S/C13H6Cl2F3N5O/c14-6-1-2-9(23-5-10(20-22-23)13(16,17)18)7(3-6)8-4-19-21-12(24)11(8)15/h1-5H,(H,21,24).